The van der Waals surface area contributed by atoms with Crippen molar-refractivity contribution in [1.82, 2.24) is 4.98 Å². The van der Waals surface area contributed by atoms with Crippen LogP contribution in [0, 0.1) is 0 Å². The Hall–Kier alpha value is -1.31. The molecule has 1 heterocycles. The average Bonchev–Trinajstić information content (AvgIpc) is 2.15. The fourth-order valence-corrected chi connectivity index (χ4v) is 1.30. The number of halogens is 6. The molecule has 0 aliphatic carbocycles. The summed E-state index contributed by atoms with van der Waals surface area (Å²) < 4.78 is 64.8. The predicted octanol–water partition coefficient (Wildman–Crippen LogP) is 3.24. The topological polar surface area (TPSA) is 48.1 Å². The molecule has 0 aliphatic rings. The zero-order valence-electron chi connectivity index (χ0n) is 8.06. The van der Waals surface area contributed by atoms with Crippen molar-refractivity contribution in [3.05, 3.63) is 17.3 Å². The molecule has 0 saturated carbocycles. The molecule has 1 aromatic rings. The molecule has 2 N–H and O–H groups in total. The van der Waals surface area contributed by atoms with Crippen LogP contribution in [0.3, 0.4) is 0 Å². The van der Waals surface area contributed by atoms with Gasteiger partial charge in [0.25, 0.3) is 6.43 Å². The quantitative estimate of drug-likeness (QED) is 0.681. The Kier molecular flexibility index (Phi) is 3.97. The second-order valence-electron chi connectivity index (χ2n) is 2.89. The van der Waals surface area contributed by atoms with E-state index in [0.29, 0.717) is 0 Å². The van der Waals surface area contributed by atoms with Gasteiger partial charge in [-0.3, -0.25) is 0 Å². The van der Waals surface area contributed by atoms with Crippen LogP contribution in [0.1, 0.15) is 17.6 Å². The molecule has 0 atom stereocenters. The molecule has 0 aromatic carbocycles. The van der Waals surface area contributed by atoms with E-state index >= 15 is 0 Å². The van der Waals surface area contributed by atoms with Crippen molar-refractivity contribution >= 4 is 17.4 Å². The normalized spacial score (nSPS) is 11.9. The van der Waals surface area contributed by atoms with Crippen LogP contribution < -0.4 is 10.5 Å². The van der Waals surface area contributed by atoms with Gasteiger partial charge in [-0.1, -0.05) is 0 Å². The number of nitrogens with zero attached hydrogens (tertiary/aromatic N) is 1. The van der Waals surface area contributed by atoms with Gasteiger partial charge in [-0.05, 0) is 0 Å². The fraction of sp³-hybridized carbons (Fsp3) is 0.375. The van der Waals surface area contributed by atoms with Crippen LogP contribution in [0.5, 0.6) is 5.75 Å². The Balaban J connectivity index is 3.35. The van der Waals surface area contributed by atoms with E-state index < -0.39 is 35.8 Å². The molecular formula is C8H6ClF5N2O. The van der Waals surface area contributed by atoms with Crippen molar-refractivity contribution in [2.75, 3.05) is 5.73 Å². The van der Waals surface area contributed by atoms with Gasteiger partial charge in [-0.25, -0.2) is 13.8 Å². The zero-order chi connectivity index (χ0) is 13.2. The molecule has 96 valence electrons. The summed E-state index contributed by atoms with van der Waals surface area (Å²) >= 11 is 5.32. The summed E-state index contributed by atoms with van der Waals surface area (Å²) in [5, 5.41) is 0. The summed E-state index contributed by atoms with van der Waals surface area (Å²) in [6.45, 7) is 0. The molecule has 0 unspecified atom stereocenters. The van der Waals surface area contributed by atoms with Crippen molar-refractivity contribution in [3.63, 3.8) is 0 Å². The SMILES string of the molecule is Nc1ncc(CCl)c(OC(F)(F)F)c1C(F)F. The summed E-state index contributed by atoms with van der Waals surface area (Å²) in [5.41, 5.74) is 3.66. The van der Waals surface area contributed by atoms with Crippen LogP contribution in [0.15, 0.2) is 6.20 Å². The summed E-state index contributed by atoms with van der Waals surface area (Å²) in [6, 6.07) is 0. The van der Waals surface area contributed by atoms with Crippen LogP contribution in [0.4, 0.5) is 27.8 Å². The number of hydrogen-bond acceptors (Lipinski definition) is 3. The lowest BCUT2D eigenvalue weighted by Gasteiger charge is -2.16. The zero-order valence-corrected chi connectivity index (χ0v) is 8.82. The minimum absolute atomic E-state index is 0.312. The van der Waals surface area contributed by atoms with Gasteiger partial charge in [0.1, 0.15) is 17.1 Å². The number of hydrogen-bond donors (Lipinski definition) is 1. The van der Waals surface area contributed by atoms with Crippen LogP contribution in [0.25, 0.3) is 0 Å². The summed E-state index contributed by atoms with van der Waals surface area (Å²) in [6.07, 6.45) is -7.50. The molecule has 0 bridgehead atoms. The molecule has 0 saturated heterocycles. The first-order valence-electron chi connectivity index (χ1n) is 4.13. The Morgan fingerprint density at radius 3 is 2.41 bits per heavy atom. The average molecular weight is 277 g/mol. The predicted molar refractivity (Wildman–Crippen MR) is 49.8 cm³/mol. The van der Waals surface area contributed by atoms with Crippen molar-refractivity contribution in [2.24, 2.45) is 0 Å². The minimum Gasteiger partial charge on any atom is -0.405 e. The second kappa shape index (κ2) is 4.91. The van der Waals surface area contributed by atoms with E-state index in [4.69, 9.17) is 17.3 Å². The molecule has 0 radical (unpaired) electrons. The molecule has 0 amide bonds. The molecule has 0 fully saturated rings. The molecule has 17 heavy (non-hydrogen) atoms. The van der Waals surface area contributed by atoms with Crippen molar-refractivity contribution in [3.8, 4) is 5.75 Å². The van der Waals surface area contributed by atoms with E-state index in [2.05, 4.69) is 9.72 Å². The first kappa shape index (κ1) is 13.8. The van der Waals surface area contributed by atoms with Crippen LogP contribution in [-0.4, -0.2) is 11.3 Å². The highest BCUT2D eigenvalue weighted by Crippen LogP contribution is 2.38. The molecule has 9 heteroatoms. The number of alkyl halides is 6. The van der Waals surface area contributed by atoms with Crippen LogP contribution in [0.2, 0.25) is 0 Å². The second-order valence-corrected chi connectivity index (χ2v) is 3.16. The summed E-state index contributed by atoms with van der Waals surface area (Å²) in [4.78, 5) is 3.33. The lowest BCUT2D eigenvalue weighted by atomic mass is 10.1. The number of ether oxygens (including phenoxy) is 1. The fourth-order valence-electron chi connectivity index (χ4n) is 1.11. The van der Waals surface area contributed by atoms with Gasteiger partial charge in [-0.15, -0.1) is 24.8 Å². The molecule has 0 spiro atoms. The molecule has 1 rings (SSSR count). The third-order valence-electron chi connectivity index (χ3n) is 1.75. The van der Waals surface area contributed by atoms with Gasteiger partial charge in [0.05, 0.1) is 5.88 Å². The van der Waals surface area contributed by atoms with E-state index in [9.17, 15) is 22.0 Å². The molecule has 0 aliphatic heterocycles. The van der Waals surface area contributed by atoms with Gasteiger partial charge in [0, 0.05) is 11.8 Å². The number of rotatable bonds is 3. The molecule has 3 nitrogen and oxygen atoms in total. The van der Waals surface area contributed by atoms with Crippen LogP contribution >= 0.6 is 11.6 Å². The highest BCUT2D eigenvalue weighted by molar-refractivity contribution is 6.17. The maximum absolute atomic E-state index is 12.6. The third kappa shape index (κ3) is 3.32. The standard InChI is InChI=1S/C8H6ClF5N2O/c9-1-3-2-16-7(15)4(6(10)11)5(3)17-8(12,13)14/h2,6H,1H2,(H2,15,16). The smallest absolute Gasteiger partial charge is 0.405 e. The maximum atomic E-state index is 12.6. The Morgan fingerprint density at radius 2 is 2.00 bits per heavy atom. The van der Waals surface area contributed by atoms with E-state index in [-0.39, 0.29) is 5.56 Å². The summed E-state index contributed by atoms with van der Waals surface area (Å²) in [5.74, 6) is -2.28. The Labute approximate surface area is 97.3 Å². The third-order valence-corrected chi connectivity index (χ3v) is 2.04. The van der Waals surface area contributed by atoms with Crippen molar-refractivity contribution < 1.29 is 26.7 Å². The Morgan fingerprint density at radius 1 is 1.41 bits per heavy atom. The van der Waals surface area contributed by atoms with Crippen molar-refractivity contribution in [2.45, 2.75) is 18.7 Å². The van der Waals surface area contributed by atoms with Gasteiger partial charge in [0.2, 0.25) is 0 Å². The first-order valence-corrected chi connectivity index (χ1v) is 4.66. The van der Waals surface area contributed by atoms with Gasteiger partial charge >= 0.3 is 6.36 Å². The highest BCUT2D eigenvalue weighted by atomic mass is 35.5. The number of anilines is 1. The highest BCUT2D eigenvalue weighted by Gasteiger charge is 2.35. The van der Waals surface area contributed by atoms with E-state index in [0.717, 1.165) is 6.20 Å². The minimum atomic E-state index is -5.11. The number of nitrogens with two attached hydrogens (primary N) is 1. The number of pyridine rings is 1. The Bertz CT molecular complexity index is 410. The largest absolute Gasteiger partial charge is 0.573 e. The maximum Gasteiger partial charge on any atom is 0.573 e. The monoisotopic (exact) mass is 276 g/mol. The van der Waals surface area contributed by atoms with E-state index in [1.165, 1.54) is 0 Å². The number of nitrogen functional groups attached to an aromatic ring is 1. The lowest BCUT2D eigenvalue weighted by Crippen LogP contribution is -2.20. The van der Waals surface area contributed by atoms with E-state index in [1.807, 2.05) is 0 Å². The van der Waals surface area contributed by atoms with Crippen LogP contribution in [-0.2, 0) is 5.88 Å². The molecule has 1 aromatic heterocycles. The lowest BCUT2D eigenvalue weighted by molar-refractivity contribution is -0.275. The summed E-state index contributed by atoms with van der Waals surface area (Å²) in [7, 11) is 0. The van der Waals surface area contributed by atoms with Crippen molar-refractivity contribution in [1.29, 1.82) is 0 Å². The number of aromatic nitrogens is 1. The van der Waals surface area contributed by atoms with Gasteiger partial charge < -0.3 is 10.5 Å². The van der Waals surface area contributed by atoms with Gasteiger partial charge in [0.15, 0.2) is 0 Å². The molecular weight excluding hydrogens is 271 g/mol. The van der Waals surface area contributed by atoms with E-state index in [1.54, 1.807) is 0 Å². The first-order chi connectivity index (χ1) is 7.76. The van der Waals surface area contributed by atoms with Gasteiger partial charge in [-0.2, -0.15) is 0 Å².